The summed E-state index contributed by atoms with van der Waals surface area (Å²) in [6.45, 7) is 13.0. The number of hydrogen-bond donors (Lipinski definition) is 1. The molecule has 0 aromatic carbocycles. The van der Waals surface area contributed by atoms with E-state index >= 15 is 0 Å². The highest BCUT2D eigenvalue weighted by atomic mass is 16.5. The lowest BCUT2D eigenvalue weighted by molar-refractivity contribution is 0.0381. The Morgan fingerprint density at radius 1 is 1.24 bits per heavy atom. The van der Waals surface area contributed by atoms with Crippen LogP contribution in [0.25, 0.3) is 0 Å². The van der Waals surface area contributed by atoms with Crippen LogP contribution in [0.2, 0.25) is 0 Å². The molecule has 0 aromatic rings. The zero-order chi connectivity index (χ0) is 12.7. The largest absolute Gasteiger partial charge is 0.379 e. The van der Waals surface area contributed by atoms with Gasteiger partial charge >= 0.3 is 0 Å². The summed E-state index contributed by atoms with van der Waals surface area (Å²) in [6.07, 6.45) is 0. The van der Waals surface area contributed by atoms with Crippen LogP contribution in [0.15, 0.2) is 0 Å². The smallest absolute Gasteiger partial charge is 0.0594 e. The second-order valence-corrected chi connectivity index (χ2v) is 6.03. The topological polar surface area (TPSA) is 27.7 Å². The predicted molar refractivity (Wildman–Crippen MR) is 72.5 cm³/mol. The highest BCUT2D eigenvalue weighted by Gasteiger charge is 2.18. The Kier molecular flexibility index (Phi) is 6.41. The summed E-state index contributed by atoms with van der Waals surface area (Å²) in [6, 6.07) is 0. The Morgan fingerprint density at radius 3 is 2.47 bits per heavy atom. The first-order valence-electron chi connectivity index (χ1n) is 6.65. The van der Waals surface area contributed by atoms with Crippen LogP contribution >= 0.6 is 0 Å². The van der Waals surface area contributed by atoms with E-state index in [4.69, 9.17) is 4.74 Å². The molecule has 1 fully saturated rings. The van der Waals surface area contributed by atoms with Crippen LogP contribution in [0.1, 0.15) is 13.8 Å². The minimum atomic E-state index is 0.342. The molecule has 1 aliphatic rings. The Labute approximate surface area is 106 Å². The van der Waals surface area contributed by atoms with E-state index < -0.39 is 0 Å². The Bertz CT molecular complexity index is 201. The van der Waals surface area contributed by atoms with Gasteiger partial charge in [-0.2, -0.15) is 0 Å². The van der Waals surface area contributed by atoms with E-state index in [2.05, 4.69) is 43.1 Å². The summed E-state index contributed by atoms with van der Waals surface area (Å²) < 4.78 is 5.34. The normalized spacial score (nSPS) is 18.9. The molecule has 1 aliphatic heterocycles. The molecule has 0 atom stereocenters. The van der Waals surface area contributed by atoms with Gasteiger partial charge in [-0.1, -0.05) is 13.8 Å². The molecule has 0 spiro atoms. The Morgan fingerprint density at radius 2 is 1.88 bits per heavy atom. The monoisotopic (exact) mass is 243 g/mol. The van der Waals surface area contributed by atoms with Gasteiger partial charge < -0.3 is 15.0 Å². The molecule has 0 amide bonds. The lowest BCUT2D eigenvalue weighted by Crippen LogP contribution is -2.43. The van der Waals surface area contributed by atoms with Crippen molar-refractivity contribution in [2.24, 2.45) is 5.41 Å². The fourth-order valence-corrected chi connectivity index (χ4v) is 2.40. The van der Waals surface area contributed by atoms with Crippen molar-refractivity contribution < 1.29 is 4.74 Å². The third-order valence-corrected chi connectivity index (χ3v) is 3.06. The van der Waals surface area contributed by atoms with E-state index in [1.54, 1.807) is 0 Å². The molecule has 0 saturated carbocycles. The van der Waals surface area contributed by atoms with Gasteiger partial charge in [0.05, 0.1) is 13.2 Å². The van der Waals surface area contributed by atoms with Crippen molar-refractivity contribution >= 4 is 0 Å². The summed E-state index contributed by atoms with van der Waals surface area (Å²) in [4.78, 5) is 4.72. The summed E-state index contributed by atoms with van der Waals surface area (Å²) in [5.41, 5.74) is 0.342. The quantitative estimate of drug-likeness (QED) is 0.659. The van der Waals surface area contributed by atoms with Gasteiger partial charge in [0.15, 0.2) is 0 Å². The molecule has 4 nitrogen and oxygen atoms in total. The molecule has 0 radical (unpaired) electrons. The SMILES string of the molecule is CN(C)CC(C)(C)CNCCN1CCOCC1. The molecule has 1 rings (SSSR count). The van der Waals surface area contributed by atoms with Crippen LogP contribution in [0, 0.1) is 5.41 Å². The van der Waals surface area contributed by atoms with E-state index in [1.807, 2.05) is 0 Å². The van der Waals surface area contributed by atoms with E-state index in [0.717, 1.165) is 52.5 Å². The first-order chi connectivity index (χ1) is 7.99. The van der Waals surface area contributed by atoms with Gasteiger partial charge in [0.25, 0.3) is 0 Å². The van der Waals surface area contributed by atoms with Crippen molar-refractivity contribution in [1.29, 1.82) is 0 Å². The molecule has 1 N–H and O–H groups in total. The summed E-state index contributed by atoms with van der Waals surface area (Å²) in [5, 5.41) is 3.57. The zero-order valence-corrected chi connectivity index (χ0v) is 12.0. The molecule has 4 heteroatoms. The van der Waals surface area contributed by atoms with Gasteiger partial charge in [0, 0.05) is 39.3 Å². The lowest BCUT2D eigenvalue weighted by Gasteiger charge is -2.30. The fourth-order valence-electron chi connectivity index (χ4n) is 2.40. The second-order valence-electron chi connectivity index (χ2n) is 6.03. The maximum atomic E-state index is 5.34. The van der Waals surface area contributed by atoms with Crippen LogP contribution in [0.3, 0.4) is 0 Å². The maximum Gasteiger partial charge on any atom is 0.0594 e. The van der Waals surface area contributed by atoms with Crippen molar-refractivity contribution in [2.75, 3.05) is 66.6 Å². The van der Waals surface area contributed by atoms with Gasteiger partial charge in [-0.15, -0.1) is 0 Å². The molecular weight excluding hydrogens is 214 g/mol. The third-order valence-electron chi connectivity index (χ3n) is 3.06. The Balaban J connectivity index is 2.06. The van der Waals surface area contributed by atoms with Crippen molar-refractivity contribution in [3.05, 3.63) is 0 Å². The summed E-state index contributed by atoms with van der Waals surface area (Å²) in [7, 11) is 4.27. The average Bonchev–Trinajstić information content (AvgIpc) is 2.24. The van der Waals surface area contributed by atoms with Crippen molar-refractivity contribution in [3.8, 4) is 0 Å². The first-order valence-corrected chi connectivity index (χ1v) is 6.65. The van der Waals surface area contributed by atoms with Gasteiger partial charge in [0.1, 0.15) is 0 Å². The van der Waals surface area contributed by atoms with Crippen molar-refractivity contribution in [2.45, 2.75) is 13.8 Å². The predicted octanol–water partition coefficient (Wildman–Crippen LogP) is 0.496. The maximum absolute atomic E-state index is 5.34. The minimum Gasteiger partial charge on any atom is -0.379 e. The van der Waals surface area contributed by atoms with E-state index in [9.17, 15) is 0 Å². The van der Waals surface area contributed by atoms with Crippen LogP contribution < -0.4 is 5.32 Å². The van der Waals surface area contributed by atoms with Crippen LogP contribution in [0.5, 0.6) is 0 Å². The van der Waals surface area contributed by atoms with Crippen LogP contribution in [-0.2, 0) is 4.74 Å². The molecule has 102 valence electrons. The van der Waals surface area contributed by atoms with E-state index in [0.29, 0.717) is 5.41 Å². The van der Waals surface area contributed by atoms with Crippen molar-refractivity contribution in [3.63, 3.8) is 0 Å². The van der Waals surface area contributed by atoms with Crippen molar-refractivity contribution in [1.82, 2.24) is 15.1 Å². The second kappa shape index (κ2) is 7.31. The van der Waals surface area contributed by atoms with Gasteiger partial charge in [-0.3, -0.25) is 4.90 Å². The average molecular weight is 243 g/mol. The van der Waals surface area contributed by atoms with Gasteiger partial charge in [-0.05, 0) is 19.5 Å². The number of morpholine rings is 1. The zero-order valence-electron chi connectivity index (χ0n) is 12.0. The van der Waals surface area contributed by atoms with E-state index in [-0.39, 0.29) is 0 Å². The van der Waals surface area contributed by atoms with Crippen LogP contribution in [-0.4, -0.2) is 76.4 Å². The number of nitrogens with one attached hydrogen (secondary N) is 1. The number of nitrogens with zero attached hydrogens (tertiary/aromatic N) is 2. The minimum absolute atomic E-state index is 0.342. The highest BCUT2D eigenvalue weighted by molar-refractivity contribution is 4.74. The molecule has 17 heavy (non-hydrogen) atoms. The van der Waals surface area contributed by atoms with Gasteiger partial charge in [-0.25, -0.2) is 0 Å². The Hall–Kier alpha value is -0.160. The number of rotatable bonds is 7. The molecule has 1 saturated heterocycles. The molecule has 1 heterocycles. The van der Waals surface area contributed by atoms with Gasteiger partial charge in [0.2, 0.25) is 0 Å². The summed E-state index contributed by atoms with van der Waals surface area (Å²) in [5.74, 6) is 0. The fraction of sp³-hybridized carbons (Fsp3) is 1.00. The van der Waals surface area contributed by atoms with E-state index in [1.165, 1.54) is 0 Å². The molecule has 0 bridgehead atoms. The first kappa shape index (κ1) is 14.9. The lowest BCUT2D eigenvalue weighted by atomic mass is 9.93. The van der Waals surface area contributed by atoms with Crippen LogP contribution in [0.4, 0.5) is 0 Å². The number of ether oxygens (including phenoxy) is 1. The molecular formula is C13H29N3O. The summed E-state index contributed by atoms with van der Waals surface area (Å²) >= 11 is 0. The highest BCUT2D eigenvalue weighted by Crippen LogP contribution is 2.13. The molecule has 0 unspecified atom stereocenters. The molecule has 0 aromatic heterocycles. The third kappa shape index (κ3) is 6.99. The standard InChI is InChI=1S/C13H29N3O/c1-13(2,12-15(3)4)11-14-5-6-16-7-9-17-10-8-16/h14H,5-12H2,1-4H3. The number of hydrogen-bond acceptors (Lipinski definition) is 4. The molecule has 0 aliphatic carbocycles.